The lowest BCUT2D eigenvalue weighted by Gasteiger charge is -2.43. The Hall–Kier alpha value is -2.39. The number of nitrogens with zero attached hydrogens (tertiary/aromatic N) is 1. The second-order valence-corrected chi connectivity index (χ2v) is 8.05. The molecule has 3 aliphatic rings. The van der Waals surface area contributed by atoms with Crippen molar-refractivity contribution in [1.82, 2.24) is 10.2 Å². The molecule has 1 aromatic heterocycles. The lowest BCUT2D eigenvalue weighted by molar-refractivity contribution is -0.274. The van der Waals surface area contributed by atoms with Gasteiger partial charge in [0.2, 0.25) is 0 Å². The third-order valence-electron chi connectivity index (χ3n) is 6.58. The maximum absolute atomic E-state index is 13.5. The fourth-order valence-electron chi connectivity index (χ4n) is 5.73. The number of halogens is 6. The number of anilines is 1. The third kappa shape index (κ3) is 3.03. The van der Waals surface area contributed by atoms with Crippen LogP contribution in [0.15, 0.2) is 24.4 Å². The third-order valence-corrected chi connectivity index (χ3v) is 6.58. The summed E-state index contributed by atoms with van der Waals surface area (Å²) < 4.78 is 82.3. The van der Waals surface area contributed by atoms with Gasteiger partial charge < -0.3 is 10.1 Å². The van der Waals surface area contributed by atoms with Crippen molar-refractivity contribution < 1.29 is 31.1 Å². The number of ether oxygens (including phenoxy) is 1. The molecule has 4 nitrogen and oxygen atoms in total. The summed E-state index contributed by atoms with van der Waals surface area (Å²) in [4.78, 5) is 0. The average molecular weight is 417 g/mol. The predicted molar refractivity (Wildman–Crippen MR) is 90.1 cm³/mol. The number of fused-ring (bicyclic) bond motifs is 7. The molecule has 0 radical (unpaired) electrons. The van der Waals surface area contributed by atoms with Crippen molar-refractivity contribution in [1.29, 1.82) is 0 Å². The highest BCUT2D eigenvalue weighted by Gasteiger charge is 2.55. The molecule has 1 aliphatic heterocycles. The van der Waals surface area contributed by atoms with Crippen LogP contribution in [-0.2, 0) is 6.18 Å². The fraction of sp³-hybridized carbons (Fsp3) is 0.526. The summed E-state index contributed by atoms with van der Waals surface area (Å²) >= 11 is 0. The molecular weight excluding hydrogens is 400 g/mol. The first-order valence-corrected chi connectivity index (χ1v) is 9.38. The molecule has 2 aromatic rings. The van der Waals surface area contributed by atoms with Gasteiger partial charge in [-0.05, 0) is 66.7 Å². The number of alkyl halides is 6. The predicted octanol–water partition coefficient (Wildman–Crippen LogP) is 5.62. The molecule has 0 spiro atoms. The van der Waals surface area contributed by atoms with Crippen molar-refractivity contribution in [3.8, 4) is 5.75 Å². The molecule has 10 heteroatoms. The zero-order chi connectivity index (χ0) is 20.6. The zero-order valence-corrected chi connectivity index (χ0v) is 14.9. The van der Waals surface area contributed by atoms with Gasteiger partial charge in [-0.2, -0.15) is 18.3 Å². The monoisotopic (exact) mass is 417 g/mol. The summed E-state index contributed by atoms with van der Waals surface area (Å²) in [5.41, 5.74) is 0.420. The first-order valence-electron chi connectivity index (χ1n) is 9.38. The maximum Gasteiger partial charge on any atom is 0.573 e. The van der Waals surface area contributed by atoms with Gasteiger partial charge in [-0.3, -0.25) is 5.10 Å². The molecule has 156 valence electrons. The molecule has 1 aromatic carbocycles. The van der Waals surface area contributed by atoms with E-state index < -0.39 is 24.3 Å². The second-order valence-electron chi connectivity index (χ2n) is 8.05. The molecule has 2 bridgehead atoms. The van der Waals surface area contributed by atoms with Crippen LogP contribution in [-0.4, -0.2) is 16.6 Å². The molecule has 0 saturated heterocycles. The van der Waals surface area contributed by atoms with E-state index in [2.05, 4.69) is 20.3 Å². The van der Waals surface area contributed by atoms with Crippen molar-refractivity contribution in [3.05, 3.63) is 41.2 Å². The minimum Gasteiger partial charge on any atom is -0.406 e. The highest BCUT2D eigenvalue weighted by atomic mass is 19.4. The molecule has 2 saturated carbocycles. The Labute approximate surface area is 161 Å². The zero-order valence-electron chi connectivity index (χ0n) is 14.9. The Balaban J connectivity index is 1.58. The van der Waals surface area contributed by atoms with E-state index in [0.717, 1.165) is 19.3 Å². The first kappa shape index (κ1) is 18.6. The van der Waals surface area contributed by atoms with Crippen LogP contribution >= 0.6 is 0 Å². The van der Waals surface area contributed by atoms with Gasteiger partial charge in [0.25, 0.3) is 0 Å². The van der Waals surface area contributed by atoms with E-state index in [-0.39, 0.29) is 35.0 Å². The second kappa shape index (κ2) is 6.06. The van der Waals surface area contributed by atoms with Crippen molar-refractivity contribution in [2.45, 2.75) is 43.8 Å². The van der Waals surface area contributed by atoms with E-state index in [1.807, 2.05) is 0 Å². The van der Waals surface area contributed by atoms with Crippen LogP contribution in [0.5, 0.6) is 5.75 Å². The van der Waals surface area contributed by atoms with Crippen LogP contribution in [0.4, 0.5) is 32.0 Å². The lowest BCUT2D eigenvalue weighted by Crippen LogP contribution is -2.36. The van der Waals surface area contributed by atoms with Crippen LogP contribution in [0, 0.1) is 17.8 Å². The fourth-order valence-corrected chi connectivity index (χ4v) is 5.73. The minimum absolute atomic E-state index is 0.0568. The summed E-state index contributed by atoms with van der Waals surface area (Å²) in [6.07, 6.45) is -5.44. The van der Waals surface area contributed by atoms with E-state index in [1.165, 1.54) is 24.4 Å². The molecule has 0 amide bonds. The summed E-state index contributed by atoms with van der Waals surface area (Å²) in [6.45, 7) is 0. The number of aromatic nitrogens is 2. The summed E-state index contributed by atoms with van der Waals surface area (Å²) in [7, 11) is 0. The minimum atomic E-state index is -4.80. The van der Waals surface area contributed by atoms with E-state index >= 15 is 0 Å². The van der Waals surface area contributed by atoms with Crippen molar-refractivity contribution in [2.75, 3.05) is 5.32 Å². The van der Waals surface area contributed by atoms with Gasteiger partial charge in [0.1, 0.15) is 11.4 Å². The topological polar surface area (TPSA) is 49.9 Å². The van der Waals surface area contributed by atoms with Crippen LogP contribution in [0.2, 0.25) is 0 Å². The summed E-state index contributed by atoms with van der Waals surface area (Å²) in [5.74, 6) is -0.0873. The van der Waals surface area contributed by atoms with E-state index in [0.29, 0.717) is 11.3 Å². The van der Waals surface area contributed by atoms with E-state index in [1.54, 1.807) is 0 Å². The summed E-state index contributed by atoms with van der Waals surface area (Å²) in [6, 6.07) is 3.42. The van der Waals surface area contributed by atoms with Gasteiger partial charge in [0.15, 0.2) is 0 Å². The van der Waals surface area contributed by atoms with Gasteiger partial charge in [-0.25, -0.2) is 0 Å². The van der Waals surface area contributed by atoms with Gasteiger partial charge in [0.05, 0.1) is 12.2 Å². The van der Waals surface area contributed by atoms with Gasteiger partial charge in [0, 0.05) is 11.3 Å². The number of hydrogen-bond donors (Lipinski definition) is 2. The molecule has 0 unspecified atom stereocenters. The van der Waals surface area contributed by atoms with Crippen molar-refractivity contribution >= 4 is 5.69 Å². The van der Waals surface area contributed by atoms with Crippen molar-refractivity contribution in [3.63, 3.8) is 0 Å². The molecule has 2 N–H and O–H groups in total. The van der Waals surface area contributed by atoms with Gasteiger partial charge in [-0.1, -0.05) is 0 Å². The smallest absolute Gasteiger partial charge is 0.406 e. The molecule has 2 fully saturated rings. The normalized spacial score (nSPS) is 30.6. The molecular formula is C19H17F6N3O. The van der Waals surface area contributed by atoms with Crippen LogP contribution < -0.4 is 10.1 Å². The Morgan fingerprint density at radius 1 is 1.00 bits per heavy atom. The lowest BCUT2D eigenvalue weighted by atomic mass is 9.68. The standard InChI is InChI=1S/C19H17F6N3O/c20-18(21,22)17-12(7-26-28-17)16-15-9-2-1-8(5-9)14(15)11-6-10(29-19(23,24)25)3-4-13(11)27-16/h3-4,6-9,14-16,27H,1-2,5H2,(H,26,28)/t8-,9+,14-,15-,16+/m1/s1. The maximum atomic E-state index is 13.5. The molecule has 5 atom stereocenters. The Kier molecular flexibility index (Phi) is 3.89. The highest BCUT2D eigenvalue weighted by molar-refractivity contribution is 5.61. The Morgan fingerprint density at radius 3 is 2.48 bits per heavy atom. The van der Waals surface area contributed by atoms with Gasteiger partial charge in [-0.15, -0.1) is 13.2 Å². The number of benzene rings is 1. The number of nitrogens with one attached hydrogen (secondary N) is 2. The SMILES string of the molecule is FC(F)(F)Oc1ccc2c(c1)[C@H]1[C@@H]3CC[C@@H](C3)[C@H]1[C@H](c1cn[nH]c1C(F)(F)F)N2. The number of hydrogen-bond acceptors (Lipinski definition) is 3. The number of rotatable bonds is 2. The summed E-state index contributed by atoms with van der Waals surface area (Å²) in [5, 5.41) is 8.85. The quantitative estimate of drug-likeness (QED) is 0.624. The van der Waals surface area contributed by atoms with E-state index in [4.69, 9.17) is 0 Å². The van der Waals surface area contributed by atoms with Crippen LogP contribution in [0.25, 0.3) is 0 Å². The van der Waals surface area contributed by atoms with Crippen molar-refractivity contribution in [2.24, 2.45) is 17.8 Å². The van der Waals surface area contributed by atoms with Gasteiger partial charge >= 0.3 is 12.5 Å². The average Bonchev–Trinajstić information content (AvgIpc) is 3.35. The Bertz CT molecular complexity index is 937. The number of H-pyrrole nitrogens is 1. The first-order chi connectivity index (χ1) is 13.6. The van der Waals surface area contributed by atoms with Crippen LogP contribution in [0.1, 0.15) is 48.0 Å². The molecule has 2 aliphatic carbocycles. The van der Waals surface area contributed by atoms with E-state index in [9.17, 15) is 26.3 Å². The van der Waals surface area contributed by atoms with Crippen LogP contribution in [0.3, 0.4) is 0 Å². The molecule has 2 heterocycles. The molecule has 29 heavy (non-hydrogen) atoms. The Morgan fingerprint density at radius 2 is 1.76 bits per heavy atom. The largest absolute Gasteiger partial charge is 0.573 e. The molecule has 5 rings (SSSR count). The number of aromatic amines is 1. The highest BCUT2D eigenvalue weighted by Crippen LogP contribution is 2.64.